The van der Waals surface area contributed by atoms with Gasteiger partial charge in [0.1, 0.15) is 49.3 Å². The van der Waals surface area contributed by atoms with Crippen LogP contribution in [-0.4, -0.2) is 152 Å². The molecular weight excluding hydrogens is 1060 g/mol. The number of esters is 3. The molecule has 420 valence electrons. The predicted molar refractivity (Wildman–Crippen MR) is 271 cm³/mol. The standard InChI is InChI=1S/C51H72Cl3NO19Si/c1-27(2)49(7,8)75(11,12)64-26-35-38(70-45-36(59)40-39(73-50(9,10)74-40)34(68-45)25-61-29(4)56)42(72-48(60)55-51(52,53)54)44(46(69-35)63-24-33-21-17-14-18-22-33)71-47-43(62-23-32-19-15-13-16-20-32)41(67-31(6)58)37(28(3)65-47)66-30(5)57/h13-22,27-28,34-47,59H,23-26H2,1-12H3,(H,55,60)/t28-,34+,35+,36+,37+,38+,39-,40+,41+,42-,43-,44+,45-,46+,47-/m0/s1. The quantitative estimate of drug-likeness (QED) is 0.0441. The van der Waals surface area contributed by atoms with Crippen molar-refractivity contribution < 1.29 is 90.3 Å². The number of nitrogens with one attached hydrogen (secondary N) is 1. The van der Waals surface area contributed by atoms with Crippen LogP contribution >= 0.6 is 34.8 Å². The maximum atomic E-state index is 14.2. The fourth-order valence-corrected chi connectivity index (χ4v) is 11.7. The number of carbonyl (C=O) groups is 4. The molecule has 4 aliphatic rings. The van der Waals surface area contributed by atoms with Crippen molar-refractivity contribution in [1.29, 1.82) is 0 Å². The minimum Gasteiger partial charge on any atom is -0.463 e. The van der Waals surface area contributed by atoms with E-state index in [1.807, 2.05) is 60.7 Å². The number of hydrogen-bond donors (Lipinski definition) is 2. The van der Waals surface area contributed by atoms with E-state index in [-0.39, 0.29) is 37.4 Å². The summed E-state index contributed by atoms with van der Waals surface area (Å²) in [5.41, 5.74) is 1.42. The largest absolute Gasteiger partial charge is 0.463 e. The number of carbonyl (C=O) groups excluding carboxylic acids is 4. The molecule has 24 heteroatoms. The summed E-state index contributed by atoms with van der Waals surface area (Å²) in [6, 6.07) is 18.2. The smallest absolute Gasteiger partial charge is 0.410 e. The van der Waals surface area contributed by atoms with Crippen LogP contribution in [0.15, 0.2) is 60.7 Å². The van der Waals surface area contributed by atoms with E-state index in [0.717, 1.165) is 0 Å². The number of fused-ring (bicyclic) bond motifs is 1. The van der Waals surface area contributed by atoms with Crippen molar-refractivity contribution in [1.82, 2.24) is 5.32 Å². The maximum Gasteiger partial charge on any atom is 0.410 e. The van der Waals surface area contributed by atoms with E-state index < -0.39 is 134 Å². The van der Waals surface area contributed by atoms with Crippen LogP contribution in [0.4, 0.5) is 4.79 Å². The van der Waals surface area contributed by atoms with E-state index in [1.165, 1.54) is 20.8 Å². The Balaban J connectivity index is 1.51. The highest BCUT2D eigenvalue weighted by atomic mass is 35.6. The molecule has 0 bridgehead atoms. The Hall–Kier alpha value is -3.23. The lowest BCUT2D eigenvalue weighted by molar-refractivity contribution is -0.386. The lowest BCUT2D eigenvalue weighted by Crippen LogP contribution is -2.68. The molecule has 4 aliphatic heterocycles. The van der Waals surface area contributed by atoms with Crippen molar-refractivity contribution in [2.24, 2.45) is 5.92 Å². The van der Waals surface area contributed by atoms with Crippen LogP contribution in [-0.2, 0) is 93.6 Å². The Kier molecular flexibility index (Phi) is 20.9. The molecule has 0 spiro atoms. The average molecular weight is 1140 g/mol. The molecular formula is C51H72Cl3NO19Si. The Bertz CT molecular complexity index is 2210. The first-order valence-electron chi connectivity index (χ1n) is 24.8. The van der Waals surface area contributed by atoms with Gasteiger partial charge in [-0.1, -0.05) is 123 Å². The fraction of sp³-hybridized carbons (Fsp3) is 0.686. The lowest BCUT2D eigenvalue weighted by atomic mass is 9.95. The van der Waals surface area contributed by atoms with Crippen molar-refractivity contribution in [2.45, 2.75) is 202 Å². The number of benzene rings is 2. The number of amides is 1. The molecule has 4 heterocycles. The van der Waals surface area contributed by atoms with E-state index in [1.54, 1.807) is 20.8 Å². The van der Waals surface area contributed by atoms with Crippen LogP contribution < -0.4 is 5.32 Å². The van der Waals surface area contributed by atoms with Crippen LogP contribution in [0.2, 0.25) is 18.1 Å². The summed E-state index contributed by atoms with van der Waals surface area (Å²) in [6.45, 7) is 20.4. The van der Waals surface area contributed by atoms with Crippen molar-refractivity contribution in [3.05, 3.63) is 71.8 Å². The minimum absolute atomic E-state index is 0.0813. The predicted octanol–water partition coefficient (Wildman–Crippen LogP) is 7.14. The lowest BCUT2D eigenvalue weighted by Gasteiger charge is -2.51. The molecule has 0 radical (unpaired) electrons. The molecule has 20 nitrogen and oxygen atoms in total. The SMILES string of the molecule is CC(=O)OC[C@H]1O[C@@H](O[C@H]2[C@H](OC(=O)NC(Cl)(Cl)Cl)[C@@H](O[C@@H]3O[C@@H](C)[C@@H](OC(C)=O)[C@@H](OC(C)=O)[C@@H]3OCc3ccccc3)[C@H](OCc3ccccc3)O[C@@H]2CO[Si](C)(C)C(C)(C)C(C)C)[C@H](O)[C@H]2OC(C)(C)O[C@H]21. The second-order valence-corrected chi connectivity index (χ2v) is 27.6. The number of alkyl carbamates (subject to hydrolysis) is 1. The van der Waals surface area contributed by atoms with E-state index in [9.17, 15) is 24.3 Å². The highest BCUT2D eigenvalue weighted by Gasteiger charge is 2.60. The van der Waals surface area contributed by atoms with Gasteiger partial charge in [0.2, 0.25) is 0 Å². The Labute approximate surface area is 454 Å². The number of aliphatic hydroxyl groups is 1. The van der Waals surface area contributed by atoms with Gasteiger partial charge in [-0.05, 0) is 55.9 Å². The molecule has 6 rings (SSSR count). The van der Waals surface area contributed by atoms with Gasteiger partial charge in [-0.15, -0.1) is 0 Å². The molecule has 4 fully saturated rings. The summed E-state index contributed by atoms with van der Waals surface area (Å²) < 4.78 is 87.0. The molecule has 4 saturated heterocycles. The number of rotatable bonds is 20. The van der Waals surface area contributed by atoms with E-state index in [2.05, 4.69) is 46.1 Å². The summed E-state index contributed by atoms with van der Waals surface area (Å²) in [7, 11) is -2.72. The zero-order valence-electron chi connectivity index (χ0n) is 44.3. The molecule has 2 aromatic carbocycles. The summed E-state index contributed by atoms with van der Waals surface area (Å²) >= 11 is 18.4. The van der Waals surface area contributed by atoms with Gasteiger partial charge in [0.15, 0.2) is 57.4 Å². The first-order chi connectivity index (χ1) is 35.1. The van der Waals surface area contributed by atoms with E-state index in [0.29, 0.717) is 11.1 Å². The van der Waals surface area contributed by atoms with Crippen LogP contribution in [0.25, 0.3) is 0 Å². The highest BCUT2D eigenvalue weighted by Crippen LogP contribution is 2.46. The summed E-state index contributed by atoms with van der Waals surface area (Å²) in [4.78, 5) is 51.8. The molecule has 2 N–H and O–H groups in total. The highest BCUT2D eigenvalue weighted by molar-refractivity contribution is 6.74. The van der Waals surface area contributed by atoms with Crippen LogP contribution in [0.1, 0.15) is 80.4 Å². The van der Waals surface area contributed by atoms with Crippen LogP contribution in [0, 0.1) is 5.92 Å². The Morgan fingerprint density at radius 2 is 1.21 bits per heavy atom. The molecule has 15 atom stereocenters. The number of alkyl halides is 3. The average Bonchev–Trinajstić information content (AvgIpc) is 3.65. The first kappa shape index (κ1) is 61.0. The second-order valence-electron chi connectivity index (χ2n) is 20.8. The van der Waals surface area contributed by atoms with Gasteiger partial charge in [0.25, 0.3) is 3.92 Å². The molecule has 0 saturated carbocycles. The van der Waals surface area contributed by atoms with Gasteiger partial charge >= 0.3 is 24.0 Å². The molecule has 1 amide bonds. The van der Waals surface area contributed by atoms with Crippen LogP contribution in [0.5, 0.6) is 0 Å². The van der Waals surface area contributed by atoms with Gasteiger partial charge in [-0.2, -0.15) is 0 Å². The van der Waals surface area contributed by atoms with Gasteiger partial charge in [0, 0.05) is 20.8 Å². The molecule has 75 heavy (non-hydrogen) atoms. The topological polar surface area (TPSA) is 230 Å². The fourth-order valence-electron chi connectivity index (χ4n) is 9.10. The molecule has 2 aromatic rings. The van der Waals surface area contributed by atoms with Gasteiger partial charge in [-0.25, -0.2) is 4.79 Å². The minimum atomic E-state index is -2.72. The van der Waals surface area contributed by atoms with Gasteiger partial charge in [0.05, 0.1) is 25.9 Å². The number of hydrogen-bond acceptors (Lipinski definition) is 19. The monoisotopic (exact) mass is 1140 g/mol. The molecule has 0 aliphatic carbocycles. The van der Waals surface area contributed by atoms with Gasteiger partial charge in [-0.3, -0.25) is 19.7 Å². The number of ether oxygens (including phenoxy) is 13. The number of halogens is 3. The maximum absolute atomic E-state index is 14.2. The van der Waals surface area contributed by atoms with Crippen LogP contribution in [0.3, 0.4) is 0 Å². The third-order valence-corrected chi connectivity index (χ3v) is 18.9. The number of aliphatic hydroxyl groups excluding tert-OH is 1. The van der Waals surface area contributed by atoms with E-state index >= 15 is 0 Å². The first-order valence-corrected chi connectivity index (χ1v) is 28.9. The van der Waals surface area contributed by atoms with Crippen molar-refractivity contribution in [2.75, 3.05) is 13.2 Å². The summed E-state index contributed by atoms with van der Waals surface area (Å²) in [6.07, 6.45) is -21.8. The third kappa shape index (κ3) is 16.2. The summed E-state index contributed by atoms with van der Waals surface area (Å²) in [5.74, 6) is -3.08. The van der Waals surface area contributed by atoms with Gasteiger partial charge < -0.3 is 71.1 Å². The zero-order chi connectivity index (χ0) is 55.2. The van der Waals surface area contributed by atoms with Crippen molar-refractivity contribution in [3.63, 3.8) is 0 Å². The Morgan fingerprint density at radius 1 is 0.680 bits per heavy atom. The summed E-state index contributed by atoms with van der Waals surface area (Å²) in [5, 5.41) is 14.0. The Morgan fingerprint density at radius 3 is 1.77 bits per heavy atom. The second kappa shape index (κ2) is 25.7. The zero-order valence-corrected chi connectivity index (χ0v) is 47.5. The third-order valence-electron chi connectivity index (χ3n) is 14.0. The molecule has 0 aromatic heterocycles. The van der Waals surface area contributed by atoms with E-state index in [4.69, 9.17) is 101 Å². The normalized spacial score (nSPS) is 32.0. The van der Waals surface area contributed by atoms with Crippen molar-refractivity contribution in [3.8, 4) is 0 Å². The van der Waals surface area contributed by atoms with Crippen molar-refractivity contribution >= 4 is 67.1 Å². The molecule has 0 unspecified atom stereocenters.